The van der Waals surface area contributed by atoms with Crippen LogP contribution in [0.2, 0.25) is 5.02 Å². The molecule has 2 aromatic rings. The van der Waals surface area contributed by atoms with Gasteiger partial charge in [-0.05, 0) is 42.0 Å². The fourth-order valence-electron chi connectivity index (χ4n) is 1.68. The lowest BCUT2D eigenvalue weighted by Crippen LogP contribution is -2.08. The molecule has 1 N–H and O–H groups in total. The quantitative estimate of drug-likeness (QED) is 0.792. The molecule has 2 rings (SSSR count). The van der Waals surface area contributed by atoms with Crippen LogP contribution in [0.4, 0.5) is 5.69 Å². The van der Waals surface area contributed by atoms with E-state index in [4.69, 9.17) is 16.3 Å². The molecule has 0 saturated carbocycles. The van der Waals surface area contributed by atoms with E-state index < -0.39 is 0 Å². The van der Waals surface area contributed by atoms with Gasteiger partial charge in [0.1, 0.15) is 5.75 Å². The van der Waals surface area contributed by atoms with Crippen LogP contribution in [0.5, 0.6) is 5.75 Å². The SMILES string of the molecule is COc1cccc(C=CC(=O)Nc2ccc(Br)cc2Cl)c1. The Hall–Kier alpha value is -1.78. The Morgan fingerprint density at radius 2 is 2.10 bits per heavy atom. The first-order chi connectivity index (χ1) is 10.1. The molecule has 0 aliphatic heterocycles. The number of benzene rings is 2. The van der Waals surface area contributed by atoms with Crippen molar-refractivity contribution in [3.8, 4) is 5.75 Å². The highest BCUT2D eigenvalue weighted by Gasteiger charge is 2.03. The maximum atomic E-state index is 11.9. The number of hydrogen-bond donors (Lipinski definition) is 1. The van der Waals surface area contributed by atoms with E-state index in [9.17, 15) is 4.79 Å². The predicted octanol–water partition coefficient (Wildman–Crippen LogP) is 4.76. The van der Waals surface area contributed by atoms with E-state index in [1.807, 2.05) is 30.3 Å². The van der Waals surface area contributed by atoms with Crippen LogP contribution in [-0.4, -0.2) is 13.0 Å². The van der Waals surface area contributed by atoms with Crippen molar-refractivity contribution in [1.82, 2.24) is 0 Å². The molecule has 108 valence electrons. The van der Waals surface area contributed by atoms with E-state index in [2.05, 4.69) is 21.2 Å². The lowest BCUT2D eigenvalue weighted by Gasteiger charge is -2.05. The van der Waals surface area contributed by atoms with Gasteiger partial charge in [0.05, 0.1) is 17.8 Å². The van der Waals surface area contributed by atoms with Crippen LogP contribution in [0.1, 0.15) is 5.56 Å². The molecule has 0 fully saturated rings. The Morgan fingerprint density at radius 3 is 2.81 bits per heavy atom. The average molecular weight is 367 g/mol. The van der Waals surface area contributed by atoms with Gasteiger partial charge in [-0.3, -0.25) is 4.79 Å². The zero-order valence-corrected chi connectivity index (χ0v) is 13.6. The molecule has 0 saturated heterocycles. The van der Waals surface area contributed by atoms with Gasteiger partial charge in [0.2, 0.25) is 5.91 Å². The van der Waals surface area contributed by atoms with E-state index in [1.54, 1.807) is 25.3 Å². The molecule has 0 unspecified atom stereocenters. The predicted molar refractivity (Wildman–Crippen MR) is 89.8 cm³/mol. The second-order valence-electron chi connectivity index (χ2n) is 4.22. The number of hydrogen-bond acceptors (Lipinski definition) is 2. The summed E-state index contributed by atoms with van der Waals surface area (Å²) in [7, 11) is 1.60. The monoisotopic (exact) mass is 365 g/mol. The van der Waals surface area contributed by atoms with Crippen LogP contribution in [-0.2, 0) is 4.79 Å². The zero-order chi connectivity index (χ0) is 15.2. The van der Waals surface area contributed by atoms with Gasteiger partial charge in [-0.15, -0.1) is 0 Å². The van der Waals surface area contributed by atoms with Gasteiger partial charge in [0, 0.05) is 10.5 Å². The number of carbonyl (C=O) groups is 1. The minimum Gasteiger partial charge on any atom is -0.497 e. The second-order valence-corrected chi connectivity index (χ2v) is 5.55. The first-order valence-corrected chi connectivity index (χ1v) is 7.34. The smallest absolute Gasteiger partial charge is 0.248 e. The number of rotatable bonds is 4. The van der Waals surface area contributed by atoms with Gasteiger partial charge in [-0.2, -0.15) is 0 Å². The van der Waals surface area contributed by atoms with Gasteiger partial charge < -0.3 is 10.1 Å². The molecule has 0 aliphatic rings. The molecular formula is C16H13BrClNO2. The Balaban J connectivity index is 2.05. The van der Waals surface area contributed by atoms with Crippen molar-refractivity contribution >= 4 is 45.2 Å². The van der Waals surface area contributed by atoms with Crippen LogP contribution in [0.3, 0.4) is 0 Å². The summed E-state index contributed by atoms with van der Waals surface area (Å²) in [6.45, 7) is 0. The summed E-state index contributed by atoms with van der Waals surface area (Å²) in [5, 5.41) is 3.21. The summed E-state index contributed by atoms with van der Waals surface area (Å²) in [5.74, 6) is 0.496. The molecule has 0 bridgehead atoms. The molecule has 0 radical (unpaired) electrons. The van der Waals surface area contributed by atoms with Crippen molar-refractivity contribution in [1.29, 1.82) is 0 Å². The third kappa shape index (κ3) is 4.62. The summed E-state index contributed by atoms with van der Waals surface area (Å²) in [6.07, 6.45) is 3.16. The number of amides is 1. The van der Waals surface area contributed by atoms with Gasteiger partial charge in [-0.25, -0.2) is 0 Å². The number of carbonyl (C=O) groups excluding carboxylic acids is 1. The van der Waals surface area contributed by atoms with E-state index in [0.29, 0.717) is 10.7 Å². The molecule has 0 spiro atoms. The van der Waals surface area contributed by atoms with Gasteiger partial charge in [0.25, 0.3) is 0 Å². The Bertz CT molecular complexity index is 686. The van der Waals surface area contributed by atoms with E-state index in [1.165, 1.54) is 6.08 Å². The Labute approximate surface area is 136 Å². The van der Waals surface area contributed by atoms with Gasteiger partial charge >= 0.3 is 0 Å². The number of methoxy groups -OCH3 is 1. The molecule has 0 aromatic heterocycles. The average Bonchev–Trinajstić information content (AvgIpc) is 2.48. The van der Waals surface area contributed by atoms with Gasteiger partial charge in [0.15, 0.2) is 0 Å². The Kier molecular flexibility index (Phi) is 5.42. The van der Waals surface area contributed by atoms with Crippen LogP contribution in [0.25, 0.3) is 6.08 Å². The normalized spacial score (nSPS) is 10.6. The van der Waals surface area contributed by atoms with Crippen LogP contribution in [0.15, 0.2) is 53.0 Å². The maximum absolute atomic E-state index is 11.9. The van der Waals surface area contributed by atoms with Crippen LogP contribution < -0.4 is 10.1 Å². The first-order valence-electron chi connectivity index (χ1n) is 6.16. The molecular weight excluding hydrogens is 354 g/mol. The molecule has 1 amide bonds. The largest absolute Gasteiger partial charge is 0.497 e. The topological polar surface area (TPSA) is 38.3 Å². The minimum absolute atomic E-state index is 0.248. The standard InChI is InChI=1S/C16H13BrClNO2/c1-21-13-4-2-3-11(9-13)5-8-16(20)19-15-7-6-12(17)10-14(15)18/h2-10H,1H3,(H,19,20). The summed E-state index contributed by atoms with van der Waals surface area (Å²) in [4.78, 5) is 11.9. The van der Waals surface area contributed by atoms with E-state index >= 15 is 0 Å². The molecule has 0 aliphatic carbocycles. The maximum Gasteiger partial charge on any atom is 0.248 e. The lowest BCUT2D eigenvalue weighted by atomic mass is 10.2. The summed E-state index contributed by atoms with van der Waals surface area (Å²) >= 11 is 9.36. The number of ether oxygens (including phenoxy) is 1. The molecule has 3 nitrogen and oxygen atoms in total. The molecule has 2 aromatic carbocycles. The second kappa shape index (κ2) is 7.29. The number of nitrogens with one attached hydrogen (secondary N) is 1. The number of halogens is 2. The summed E-state index contributed by atoms with van der Waals surface area (Å²) in [5.41, 5.74) is 1.45. The highest BCUT2D eigenvalue weighted by molar-refractivity contribution is 9.10. The van der Waals surface area contributed by atoms with Gasteiger partial charge in [-0.1, -0.05) is 39.7 Å². The highest BCUT2D eigenvalue weighted by Crippen LogP contribution is 2.25. The van der Waals surface area contributed by atoms with Crippen molar-refractivity contribution in [2.24, 2.45) is 0 Å². The Morgan fingerprint density at radius 1 is 1.29 bits per heavy atom. The molecule has 5 heteroatoms. The van der Waals surface area contributed by atoms with Crippen LogP contribution in [0, 0.1) is 0 Å². The molecule has 0 heterocycles. The first kappa shape index (κ1) is 15.6. The summed E-state index contributed by atoms with van der Waals surface area (Å²) in [6, 6.07) is 12.7. The van der Waals surface area contributed by atoms with Crippen molar-refractivity contribution in [2.75, 3.05) is 12.4 Å². The third-order valence-electron chi connectivity index (χ3n) is 2.71. The number of anilines is 1. The van der Waals surface area contributed by atoms with Crippen molar-refractivity contribution in [2.45, 2.75) is 0 Å². The minimum atomic E-state index is -0.248. The van der Waals surface area contributed by atoms with Crippen LogP contribution >= 0.6 is 27.5 Å². The van der Waals surface area contributed by atoms with E-state index in [0.717, 1.165) is 15.8 Å². The highest BCUT2D eigenvalue weighted by atomic mass is 79.9. The van der Waals surface area contributed by atoms with Crippen molar-refractivity contribution < 1.29 is 9.53 Å². The van der Waals surface area contributed by atoms with Crippen molar-refractivity contribution in [3.63, 3.8) is 0 Å². The van der Waals surface area contributed by atoms with Crippen molar-refractivity contribution in [3.05, 3.63) is 63.6 Å². The summed E-state index contributed by atoms with van der Waals surface area (Å²) < 4.78 is 5.99. The fraction of sp³-hybridized carbons (Fsp3) is 0.0625. The zero-order valence-electron chi connectivity index (χ0n) is 11.3. The van der Waals surface area contributed by atoms with E-state index in [-0.39, 0.29) is 5.91 Å². The lowest BCUT2D eigenvalue weighted by molar-refractivity contribution is -0.111. The molecule has 21 heavy (non-hydrogen) atoms. The third-order valence-corrected chi connectivity index (χ3v) is 3.52. The molecule has 0 atom stereocenters. The fourth-order valence-corrected chi connectivity index (χ4v) is 2.40.